The summed E-state index contributed by atoms with van der Waals surface area (Å²) in [5, 5.41) is 3.78. The van der Waals surface area contributed by atoms with E-state index in [9.17, 15) is 9.59 Å². The van der Waals surface area contributed by atoms with Crippen LogP contribution in [0.5, 0.6) is 0 Å². The molecular weight excluding hydrogens is 374 g/mol. The molecule has 5 heteroatoms. The summed E-state index contributed by atoms with van der Waals surface area (Å²) in [5.74, 6) is -0.185. The van der Waals surface area contributed by atoms with Gasteiger partial charge in [-0.3, -0.25) is 9.59 Å². The minimum atomic E-state index is -0.185. The molecule has 0 unspecified atom stereocenters. The third-order valence-electron chi connectivity index (χ3n) is 5.38. The van der Waals surface area contributed by atoms with E-state index in [0.29, 0.717) is 18.6 Å². The van der Waals surface area contributed by atoms with Gasteiger partial charge in [0.1, 0.15) is 12.1 Å². The molecule has 0 aliphatic carbocycles. The summed E-state index contributed by atoms with van der Waals surface area (Å²) in [7, 11) is 0. The Morgan fingerprint density at radius 1 is 0.933 bits per heavy atom. The summed E-state index contributed by atoms with van der Waals surface area (Å²) in [5.41, 5.74) is 5.01. The van der Waals surface area contributed by atoms with Crippen molar-refractivity contribution >= 4 is 16.8 Å². The minimum absolute atomic E-state index is 0.00384. The monoisotopic (exact) mass is 399 g/mol. The van der Waals surface area contributed by atoms with Crippen LogP contribution in [0, 0.1) is 13.8 Å². The summed E-state index contributed by atoms with van der Waals surface area (Å²) in [6, 6.07) is 20.0. The first-order valence-electron chi connectivity index (χ1n) is 10.1. The quantitative estimate of drug-likeness (QED) is 0.536. The van der Waals surface area contributed by atoms with Crippen molar-refractivity contribution in [2.45, 2.75) is 33.5 Å². The highest BCUT2D eigenvalue weighted by molar-refractivity contribution is 5.80. The highest BCUT2D eigenvalue weighted by atomic mass is 16.2. The van der Waals surface area contributed by atoms with E-state index in [1.165, 1.54) is 15.7 Å². The van der Waals surface area contributed by atoms with Gasteiger partial charge in [-0.15, -0.1) is 0 Å². The number of nitrogens with one attached hydrogen (secondary N) is 1. The number of fused-ring (bicyclic) bond motifs is 1. The lowest BCUT2D eigenvalue weighted by Gasteiger charge is -2.11. The number of rotatable bonds is 6. The summed E-state index contributed by atoms with van der Waals surface area (Å²) in [4.78, 5) is 25.5. The molecule has 1 N–H and O–H groups in total. The molecule has 0 saturated heterocycles. The molecule has 2 heterocycles. The van der Waals surface area contributed by atoms with E-state index in [2.05, 4.69) is 24.4 Å². The van der Waals surface area contributed by atoms with Crippen molar-refractivity contribution in [3.63, 3.8) is 0 Å². The number of carbonyl (C=O) groups is 1. The Morgan fingerprint density at radius 2 is 1.70 bits per heavy atom. The fourth-order valence-electron chi connectivity index (χ4n) is 3.71. The molecule has 4 aromatic rings. The van der Waals surface area contributed by atoms with E-state index in [-0.39, 0.29) is 18.0 Å². The van der Waals surface area contributed by atoms with Gasteiger partial charge < -0.3 is 14.5 Å². The Bertz CT molecular complexity index is 1270. The Labute approximate surface area is 175 Å². The van der Waals surface area contributed by atoms with E-state index in [0.717, 1.165) is 16.5 Å². The van der Waals surface area contributed by atoms with Crippen LogP contribution in [0.15, 0.2) is 77.9 Å². The van der Waals surface area contributed by atoms with Gasteiger partial charge in [0.25, 0.3) is 5.56 Å². The van der Waals surface area contributed by atoms with Gasteiger partial charge in [-0.25, -0.2) is 0 Å². The predicted molar refractivity (Wildman–Crippen MR) is 120 cm³/mol. The third kappa shape index (κ3) is 4.20. The van der Waals surface area contributed by atoms with Gasteiger partial charge in [-0.05, 0) is 42.7 Å². The zero-order valence-electron chi connectivity index (χ0n) is 17.3. The second-order valence-electron chi connectivity index (χ2n) is 7.69. The number of aromatic nitrogens is 2. The second kappa shape index (κ2) is 8.41. The lowest BCUT2D eigenvalue weighted by Crippen LogP contribution is -2.32. The third-order valence-corrected chi connectivity index (χ3v) is 5.38. The molecule has 0 radical (unpaired) electrons. The number of amides is 1. The molecule has 0 fully saturated rings. The standard InChI is InChI=1S/C25H25N3O2/c1-18-6-5-8-20(14-18)15-26-23(29)17-28-13-11-21-10-12-27(24(21)25(28)30)16-22-9-4-3-7-19(22)2/h3-14H,15-17H2,1-2H3,(H,26,29). The van der Waals surface area contributed by atoms with Crippen LogP contribution in [0.4, 0.5) is 0 Å². The fraction of sp³-hybridized carbons (Fsp3) is 0.200. The molecule has 1 amide bonds. The fourth-order valence-corrected chi connectivity index (χ4v) is 3.71. The molecule has 5 nitrogen and oxygen atoms in total. The smallest absolute Gasteiger partial charge is 0.275 e. The molecule has 4 rings (SSSR count). The number of aryl methyl sites for hydroxylation is 2. The van der Waals surface area contributed by atoms with Gasteiger partial charge in [0.2, 0.25) is 5.91 Å². The maximum Gasteiger partial charge on any atom is 0.275 e. The Balaban J connectivity index is 1.53. The van der Waals surface area contributed by atoms with Crippen LogP contribution in [0.3, 0.4) is 0 Å². The van der Waals surface area contributed by atoms with Crippen LogP contribution < -0.4 is 10.9 Å². The van der Waals surface area contributed by atoms with Crippen molar-refractivity contribution < 1.29 is 4.79 Å². The Hall–Kier alpha value is -3.60. The number of nitrogens with zero attached hydrogens (tertiary/aromatic N) is 2. The van der Waals surface area contributed by atoms with Crippen molar-refractivity contribution in [2.24, 2.45) is 0 Å². The van der Waals surface area contributed by atoms with Gasteiger partial charge in [0, 0.05) is 30.9 Å². The van der Waals surface area contributed by atoms with Crippen molar-refractivity contribution in [3.05, 3.63) is 106 Å². The van der Waals surface area contributed by atoms with Crippen LogP contribution in [0.1, 0.15) is 22.3 Å². The normalized spacial score (nSPS) is 11.0. The van der Waals surface area contributed by atoms with Crippen molar-refractivity contribution in [1.29, 1.82) is 0 Å². The summed E-state index contributed by atoms with van der Waals surface area (Å²) < 4.78 is 3.43. The average Bonchev–Trinajstić information content (AvgIpc) is 3.14. The van der Waals surface area contributed by atoms with Gasteiger partial charge >= 0.3 is 0 Å². The molecule has 0 spiro atoms. The topological polar surface area (TPSA) is 56.0 Å². The van der Waals surface area contributed by atoms with Crippen molar-refractivity contribution in [2.75, 3.05) is 0 Å². The maximum absolute atomic E-state index is 13.1. The van der Waals surface area contributed by atoms with E-state index in [1.807, 2.05) is 66.2 Å². The largest absolute Gasteiger partial charge is 0.350 e. The number of pyridine rings is 1. The van der Waals surface area contributed by atoms with Crippen LogP contribution in [0.2, 0.25) is 0 Å². The van der Waals surface area contributed by atoms with Gasteiger partial charge in [-0.1, -0.05) is 54.1 Å². The first kappa shape index (κ1) is 19.7. The van der Waals surface area contributed by atoms with Gasteiger partial charge in [-0.2, -0.15) is 0 Å². The van der Waals surface area contributed by atoms with Crippen LogP contribution in [-0.2, 0) is 24.4 Å². The van der Waals surface area contributed by atoms with E-state index in [4.69, 9.17) is 0 Å². The molecule has 0 saturated carbocycles. The van der Waals surface area contributed by atoms with Crippen LogP contribution >= 0.6 is 0 Å². The zero-order chi connectivity index (χ0) is 21.1. The maximum atomic E-state index is 13.1. The van der Waals surface area contributed by atoms with E-state index in [1.54, 1.807) is 6.20 Å². The highest BCUT2D eigenvalue weighted by Gasteiger charge is 2.11. The molecule has 0 aliphatic rings. The molecule has 2 aromatic carbocycles. The summed E-state index contributed by atoms with van der Waals surface area (Å²) in [6.07, 6.45) is 3.62. The minimum Gasteiger partial charge on any atom is -0.350 e. The number of hydrogen-bond acceptors (Lipinski definition) is 2. The number of benzene rings is 2. The number of carbonyl (C=O) groups excluding carboxylic acids is 1. The first-order valence-corrected chi connectivity index (χ1v) is 10.1. The lowest BCUT2D eigenvalue weighted by molar-refractivity contribution is -0.121. The predicted octanol–water partition coefficient (Wildman–Crippen LogP) is 3.78. The molecule has 152 valence electrons. The molecule has 2 aromatic heterocycles. The molecule has 0 aliphatic heterocycles. The zero-order valence-corrected chi connectivity index (χ0v) is 17.3. The van der Waals surface area contributed by atoms with E-state index >= 15 is 0 Å². The van der Waals surface area contributed by atoms with Crippen LogP contribution in [0.25, 0.3) is 10.9 Å². The first-order chi connectivity index (χ1) is 14.5. The molecule has 0 atom stereocenters. The highest BCUT2D eigenvalue weighted by Crippen LogP contribution is 2.16. The second-order valence-corrected chi connectivity index (χ2v) is 7.69. The average molecular weight is 399 g/mol. The molecule has 30 heavy (non-hydrogen) atoms. The molecular formula is C25H25N3O2. The van der Waals surface area contributed by atoms with Crippen molar-refractivity contribution in [1.82, 2.24) is 14.5 Å². The SMILES string of the molecule is Cc1cccc(CNC(=O)Cn2ccc3ccn(Cc4ccccc4C)c3c2=O)c1. The summed E-state index contributed by atoms with van der Waals surface area (Å²) >= 11 is 0. The van der Waals surface area contributed by atoms with Crippen LogP contribution in [-0.4, -0.2) is 15.0 Å². The van der Waals surface area contributed by atoms with E-state index < -0.39 is 0 Å². The van der Waals surface area contributed by atoms with Gasteiger partial charge in [0.15, 0.2) is 0 Å². The Morgan fingerprint density at radius 3 is 2.47 bits per heavy atom. The molecule has 0 bridgehead atoms. The lowest BCUT2D eigenvalue weighted by atomic mass is 10.1. The Kier molecular flexibility index (Phi) is 5.53. The van der Waals surface area contributed by atoms with Crippen molar-refractivity contribution in [3.8, 4) is 0 Å². The number of hydrogen-bond donors (Lipinski definition) is 1. The van der Waals surface area contributed by atoms with Gasteiger partial charge in [0.05, 0.1) is 0 Å². The summed E-state index contributed by atoms with van der Waals surface area (Å²) in [6.45, 7) is 5.15.